The standard InChI is InChI=1S/C10H11ClF2N2O2.ClH/c1-14-5-9(16)15-6-2-3-8(7(11)4-6)17-10(12)13;/h2-4,10,14H,5H2,1H3,(H,15,16);1H. The van der Waals surface area contributed by atoms with Gasteiger partial charge in [0, 0.05) is 5.69 Å². The Balaban J connectivity index is 0.00000289. The number of carbonyl (C=O) groups excluding carboxylic acids is 1. The van der Waals surface area contributed by atoms with E-state index in [2.05, 4.69) is 15.4 Å². The van der Waals surface area contributed by atoms with E-state index in [0.29, 0.717) is 5.69 Å². The quantitative estimate of drug-likeness (QED) is 0.878. The molecule has 0 aliphatic carbocycles. The van der Waals surface area contributed by atoms with Crippen LogP contribution in [-0.4, -0.2) is 26.1 Å². The van der Waals surface area contributed by atoms with Crippen molar-refractivity contribution >= 4 is 35.6 Å². The molecule has 0 saturated carbocycles. The van der Waals surface area contributed by atoms with Crippen molar-refractivity contribution in [3.63, 3.8) is 0 Å². The second-order valence-electron chi connectivity index (χ2n) is 3.10. The number of nitrogens with one attached hydrogen (secondary N) is 2. The number of rotatable bonds is 5. The van der Waals surface area contributed by atoms with Gasteiger partial charge in [-0.15, -0.1) is 12.4 Å². The summed E-state index contributed by atoms with van der Waals surface area (Å²) in [6, 6.07) is 4.04. The molecule has 0 fully saturated rings. The van der Waals surface area contributed by atoms with Gasteiger partial charge >= 0.3 is 6.61 Å². The Morgan fingerprint density at radius 3 is 2.67 bits per heavy atom. The van der Waals surface area contributed by atoms with Gasteiger partial charge in [0.15, 0.2) is 0 Å². The minimum Gasteiger partial charge on any atom is -0.433 e. The van der Waals surface area contributed by atoms with Crippen LogP contribution in [0.4, 0.5) is 14.5 Å². The van der Waals surface area contributed by atoms with Crippen molar-refractivity contribution in [3.8, 4) is 5.75 Å². The van der Waals surface area contributed by atoms with Crippen molar-refractivity contribution < 1.29 is 18.3 Å². The summed E-state index contributed by atoms with van der Waals surface area (Å²) >= 11 is 5.71. The molecule has 0 bridgehead atoms. The summed E-state index contributed by atoms with van der Waals surface area (Å²) in [5, 5.41) is 5.21. The van der Waals surface area contributed by atoms with Gasteiger partial charge in [0.25, 0.3) is 0 Å². The zero-order valence-electron chi connectivity index (χ0n) is 9.38. The number of hydrogen-bond donors (Lipinski definition) is 2. The van der Waals surface area contributed by atoms with Crippen LogP contribution < -0.4 is 15.4 Å². The molecule has 1 aromatic rings. The fraction of sp³-hybridized carbons (Fsp3) is 0.300. The van der Waals surface area contributed by atoms with Gasteiger partial charge in [-0.05, 0) is 25.2 Å². The Bertz CT molecular complexity index is 405. The van der Waals surface area contributed by atoms with Crippen LogP contribution in [-0.2, 0) is 4.79 Å². The molecule has 18 heavy (non-hydrogen) atoms. The lowest BCUT2D eigenvalue weighted by molar-refractivity contribution is -0.115. The van der Waals surface area contributed by atoms with Crippen molar-refractivity contribution in [1.82, 2.24) is 5.32 Å². The molecule has 102 valence electrons. The lowest BCUT2D eigenvalue weighted by Crippen LogP contribution is -2.25. The summed E-state index contributed by atoms with van der Waals surface area (Å²) < 4.78 is 28.1. The number of carbonyl (C=O) groups is 1. The van der Waals surface area contributed by atoms with Crippen LogP contribution in [0.5, 0.6) is 5.75 Å². The molecular formula is C10H12Cl2F2N2O2. The van der Waals surface area contributed by atoms with E-state index in [1.807, 2.05) is 0 Å². The van der Waals surface area contributed by atoms with Gasteiger partial charge in [-0.25, -0.2) is 0 Å². The fourth-order valence-electron chi connectivity index (χ4n) is 1.14. The topological polar surface area (TPSA) is 50.4 Å². The number of likely N-dealkylation sites (N-methyl/N-ethyl adjacent to an activating group) is 1. The molecule has 4 nitrogen and oxygen atoms in total. The largest absolute Gasteiger partial charge is 0.433 e. The third-order valence-corrected chi connectivity index (χ3v) is 2.06. The molecule has 0 aromatic heterocycles. The monoisotopic (exact) mass is 300 g/mol. The summed E-state index contributed by atoms with van der Waals surface area (Å²) in [7, 11) is 1.63. The molecule has 0 unspecified atom stereocenters. The first-order valence-electron chi connectivity index (χ1n) is 4.71. The van der Waals surface area contributed by atoms with Crippen molar-refractivity contribution in [2.45, 2.75) is 6.61 Å². The first-order valence-corrected chi connectivity index (χ1v) is 5.09. The zero-order valence-corrected chi connectivity index (χ0v) is 10.9. The highest BCUT2D eigenvalue weighted by Crippen LogP contribution is 2.28. The maximum atomic E-state index is 12.0. The Morgan fingerprint density at radius 1 is 1.50 bits per heavy atom. The minimum atomic E-state index is -2.93. The van der Waals surface area contributed by atoms with Crippen molar-refractivity contribution in [3.05, 3.63) is 23.2 Å². The summed E-state index contributed by atoms with van der Waals surface area (Å²) in [5.41, 5.74) is 0.414. The van der Waals surface area contributed by atoms with E-state index in [4.69, 9.17) is 11.6 Å². The molecule has 2 N–H and O–H groups in total. The third-order valence-electron chi connectivity index (χ3n) is 1.77. The van der Waals surface area contributed by atoms with Crippen LogP contribution in [0.1, 0.15) is 0 Å². The highest BCUT2D eigenvalue weighted by Gasteiger charge is 2.09. The molecule has 1 aromatic carbocycles. The van der Waals surface area contributed by atoms with E-state index in [1.54, 1.807) is 7.05 Å². The molecule has 0 saturated heterocycles. The van der Waals surface area contributed by atoms with Gasteiger partial charge in [-0.2, -0.15) is 8.78 Å². The molecule has 0 atom stereocenters. The average molecular weight is 301 g/mol. The molecule has 0 heterocycles. The second kappa shape index (κ2) is 8.07. The third kappa shape index (κ3) is 5.48. The molecule has 0 spiro atoms. The van der Waals surface area contributed by atoms with Crippen LogP contribution in [0.3, 0.4) is 0 Å². The molecule has 0 aliphatic rings. The molecular weight excluding hydrogens is 289 g/mol. The molecule has 0 aliphatic heterocycles. The Hall–Kier alpha value is -1.11. The van der Waals surface area contributed by atoms with Crippen molar-refractivity contribution in [2.75, 3.05) is 18.9 Å². The smallest absolute Gasteiger partial charge is 0.387 e. The van der Waals surface area contributed by atoms with Crippen LogP contribution in [0, 0.1) is 0 Å². The van der Waals surface area contributed by atoms with Crippen LogP contribution in [0.2, 0.25) is 5.02 Å². The fourth-order valence-corrected chi connectivity index (χ4v) is 1.36. The molecule has 1 amide bonds. The lowest BCUT2D eigenvalue weighted by atomic mass is 10.3. The summed E-state index contributed by atoms with van der Waals surface area (Å²) in [6.07, 6.45) is 0. The molecule has 1 rings (SSSR count). The van der Waals surface area contributed by atoms with Gasteiger partial charge in [-0.3, -0.25) is 4.79 Å². The molecule has 8 heteroatoms. The zero-order chi connectivity index (χ0) is 12.8. The number of ether oxygens (including phenoxy) is 1. The Labute approximate surface area is 114 Å². The van der Waals surface area contributed by atoms with Gasteiger partial charge in [0.2, 0.25) is 5.91 Å². The highest BCUT2D eigenvalue weighted by molar-refractivity contribution is 6.32. The summed E-state index contributed by atoms with van der Waals surface area (Å²) in [4.78, 5) is 11.2. The van der Waals surface area contributed by atoms with Crippen LogP contribution >= 0.6 is 24.0 Å². The van der Waals surface area contributed by atoms with E-state index in [-0.39, 0.29) is 35.6 Å². The number of anilines is 1. The summed E-state index contributed by atoms with van der Waals surface area (Å²) in [5.74, 6) is -0.389. The van der Waals surface area contributed by atoms with Crippen LogP contribution in [0.15, 0.2) is 18.2 Å². The number of halogens is 4. The normalized spacial score (nSPS) is 9.83. The number of benzene rings is 1. The highest BCUT2D eigenvalue weighted by atomic mass is 35.5. The SMILES string of the molecule is CNCC(=O)Nc1ccc(OC(F)F)c(Cl)c1.Cl. The van der Waals surface area contributed by atoms with Gasteiger partial charge < -0.3 is 15.4 Å². The van der Waals surface area contributed by atoms with E-state index >= 15 is 0 Å². The maximum absolute atomic E-state index is 12.0. The second-order valence-corrected chi connectivity index (χ2v) is 3.51. The van der Waals surface area contributed by atoms with E-state index in [9.17, 15) is 13.6 Å². The van der Waals surface area contributed by atoms with Gasteiger partial charge in [-0.1, -0.05) is 11.6 Å². The first kappa shape index (κ1) is 16.9. The minimum absolute atomic E-state index is 0. The van der Waals surface area contributed by atoms with Gasteiger partial charge in [0.1, 0.15) is 5.75 Å². The van der Waals surface area contributed by atoms with E-state index in [0.717, 1.165) is 0 Å². The Morgan fingerprint density at radius 2 is 2.17 bits per heavy atom. The van der Waals surface area contributed by atoms with E-state index in [1.165, 1.54) is 18.2 Å². The van der Waals surface area contributed by atoms with E-state index < -0.39 is 6.61 Å². The van der Waals surface area contributed by atoms with Crippen molar-refractivity contribution in [2.24, 2.45) is 0 Å². The Kier molecular flexibility index (Phi) is 7.58. The lowest BCUT2D eigenvalue weighted by Gasteiger charge is -2.09. The maximum Gasteiger partial charge on any atom is 0.387 e. The predicted octanol–water partition coefficient (Wildman–Crippen LogP) is 2.52. The number of alkyl halides is 2. The van der Waals surface area contributed by atoms with Crippen LogP contribution in [0.25, 0.3) is 0 Å². The molecule has 0 radical (unpaired) electrons. The predicted molar refractivity (Wildman–Crippen MR) is 67.9 cm³/mol. The number of amides is 1. The average Bonchev–Trinajstić information content (AvgIpc) is 2.22. The number of hydrogen-bond acceptors (Lipinski definition) is 3. The summed E-state index contributed by atoms with van der Waals surface area (Å²) in [6.45, 7) is -2.79. The van der Waals surface area contributed by atoms with Gasteiger partial charge in [0.05, 0.1) is 11.6 Å². The van der Waals surface area contributed by atoms with Crippen molar-refractivity contribution in [1.29, 1.82) is 0 Å². The first-order chi connectivity index (χ1) is 8.02.